The number of fused-ring (bicyclic) bond motifs is 1. The molecule has 0 bridgehead atoms. The molecule has 96 valence electrons. The highest BCUT2D eigenvalue weighted by molar-refractivity contribution is 7.92. The number of imidazole rings is 1. The van der Waals surface area contributed by atoms with E-state index in [1.807, 2.05) is 0 Å². The molecular weight excluding hydrogens is 254 g/mol. The SMILES string of the molecule is CC(C)S(=O)(=O)c1cc(C=O)cc2[nH]c(N)nc12. The summed E-state index contributed by atoms with van der Waals surface area (Å²) in [6.45, 7) is 3.15. The van der Waals surface area contributed by atoms with Gasteiger partial charge in [0.25, 0.3) is 0 Å². The average molecular weight is 267 g/mol. The Morgan fingerprint density at radius 1 is 1.39 bits per heavy atom. The van der Waals surface area contributed by atoms with E-state index in [0.29, 0.717) is 11.8 Å². The first kappa shape index (κ1) is 12.6. The second kappa shape index (κ2) is 4.09. The van der Waals surface area contributed by atoms with E-state index in [9.17, 15) is 13.2 Å². The zero-order valence-corrected chi connectivity index (χ0v) is 10.8. The maximum atomic E-state index is 12.2. The summed E-state index contributed by atoms with van der Waals surface area (Å²) in [5.74, 6) is 0.119. The van der Waals surface area contributed by atoms with Crippen molar-refractivity contribution >= 4 is 33.1 Å². The van der Waals surface area contributed by atoms with Crippen LogP contribution in [0.3, 0.4) is 0 Å². The van der Waals surface area contributed by atoms with E-state index in [1.54, 1.807) is 13.8 Å². The Labute approximate surface area is 104 Å². The minimum atomic E-state index is -3.52. The number of hydrogen-bond donors (Lipinski definition) is 2. The zero-order valence-electron chi connectivity index (χ0n) is 9.97. The third-order valence-corrected chi connectivity index (χ3v) is 4.82. The Morgan fingerprint density at radius 2 is 2.06 bits per heavy atom. The van der Waals surface area contributed by atoms with Crippen LogP contribution in [0.1, 0.15) is 24.2 Å². The maximum absolute atomic E-state index is 12.2. The van der Waals surface area contributed by atoms with Crippen LogP contribution in [0.5, 0.6) is 0 Å². The number of nitrogens with one attached hydrogen (secondary N) is 1. The molecule has 0 saturated carbocycles. The van der Waals surface area contributed by atoms with Gasteiger partial charge in [0.1, 0.15) is 11.8 Å². The molecule has 6 nitrogen and oxygen atoms in total. The summed E-state index contributed by atoms with van der Waals surface area (Å²) >= 11 is 0. The lowest BCUT2D eigenvalue weighted by Crippen LogP contribution is -2.14. The van der Waals surface area contributed by atoms with Crippen LogP contribution < -0.4 is 5.73 Å². The molecule has 0 spiro atoms. The summed E-state index contributed by atoms with van der Waals surface area (Å²) < 4.78 is 24.4. The van der Waals surface area contributed by atoms with Gasteiger partial charge >= 0.3 is 0 Å². The summed E-state index contributed by atoms with van der Waals surface area (Å²) in [6, 6.07) is 2.84. The number of aromatic amines is 1. The van der Waals surface area contributed by atoms with Crippen LogP contribution >= 0.6 is 0 Å². The lowest BCUT2D eigenvalue weighted by atomic mass is 10.2. The van der Waals surface area contributed by atoms with Gasteiger partial charge < -0.3 is 10.7 Å². The number of H-pyrrole nitrogens is 1. The second-order valence-electron chi connectivity index (χ2n) is 4.25. The molecule has 1 aromatic heterocycles. The molecule has 2 aromatic rings. The normalized spacial score (nSPS) is 12.2. The van der Waals surface area contributed by atoms with Crippen molar-refractivity contribution < 1.29 is 13.2 Å². The largest absolute Gasteiger partial charge is 0.369 e. The summed E-state index contributed by atoms with van der Waals surface area (Å²) in [5.41, 5.74) is 6.50. The van der Waals surface area contributed by atoms with Crippen LogP contribution in [0.2, 0.25) is 0 Å². The maximum Gasteiger partial charge on any atom is 0.198 e. The fourth-order valence-corrected chi connectivity index (χ4v) is 2.90. The van der Waals surface area contributed by atoms with Crippen molar-refractivity contribution in [3.8, 4) is 0 Å². The molecule has 7 heteroatoms. The van der Waals surface area contributed by atoms with E-state index >= 15 is 0 Å². The molecule has 0 aliphatic rings. The van der Waals surface area contributed by atoms with E-state index < -0.39 is 15.1 Å². The predicted octanol–water partition coefficient (Wildman–Crippen LogP) is 1.14. The van der Waals surface area contributed by atoms with Crippen LogP contribution in [0.15, 0.2) is 17.0 Å². The van der Waals surface area contributed by atoms with Crippen molar-refractivity contribution in [2.24, 2.45) is 0 Å². The number of hydrogen-bond acceptors (Lipinski definition) is 5. The predicted molar refractivity (Wildman–Crippen MR) is 68.2 cm³/mol. The van der Waals surface area contributed by atoms with Gasteiger partial charge in [0, 0.05) is 5.56 Å². The fraction of sp³-hybridized carbons (Fsp3) is 0.273. The van der Waals surface area contributed by atoms with Crippen molar-refractivity contribution in [1.29, 1.82) is 0 Å². The van der Waals surface area contributed by atoms with Crippen molar-refractivity contribution in [1.82, 2.24) is 9.97 Å². The Morgan fingerprint density at radius 3 is 2.61 bits per heavy atom. The molecule has 2 rings (SSSR count). The number of sulfone groups is 1. The lowest BCUT2D eigenvalue weighted by molar-refractivity contribution is 0.112. The average Bonchev–Trinajstić information content (AvgIpc) is 2.67. The molecule has 3 N–H and O–H groups in total. The number of rotatable bonds is 3. The molecule has 0 unspecified atom stereocenters. The van der Waals surface area contributed by atoms with Gasteiger partial charge in [-0.15, -0.1) is 0 Å². The molecule has 0 aliphatic carbocycles. The molecule has 1 aromatic carbocycles. The van der Waals surface area contributed by atoms with E-state index in [1.165, 1.54) is 12.1 Å². The quantitative estimate of drug-likeness (QED) is 0.811. The summed E-state index contributed by atoms with van der Waals surface area (Å²) in [5, 5.41) is -0.597. The summed E-state index contributed by atoms with van der Waals surface area (Å²) in [4.78, 5) is 17.6. The highest BCUT2D eigenvalue weighted by Crippen LogP contribution is 2.26. The van der Waals surface area contributed by atoms with Crippen LogP contribution in [0.25, 0.3) is 11.0 Å². The van der Waals surface area contributed by atoms with Gasteiger partial charge in [-0.1, -0.05) is 0 Å². The second-order valence-corrected chi connectivity index (χ2v) is 6.72. The molecule has 0 fully saturated rings. The number of anilines is 1. The fourth-order valence-electron chi connectivity index (χ4n) is 1.67. The van der Waals surface area contributed by atoms with Crippen LogP contribution in [-0.4, -0.2) is 29.9 Å². The monoisotopic (exact) mass is 267 g/mol. The molecule has 0 radical (unpaired) electrons. The van der Waals surface area contributed by atoms with Gasteiger partial charge in [-0.2, -0.15) is 0 Å². The van der Waals surface area contributed by atoms with Gasteiger partial charge in [0.05, 0.1) is 15.7 Å². The number of aldehydes is 1. The summed E-state index contributed by atoms with van der Waals surface area (Å²) in [6.07, 6.45) is 0.593. The van der Waals surface area contributed by atoms with Gasteiger partial charge in [0.2, 0.25) is 0 Å². The number of carbonyl (C=O) groups excluding carboxylic acids is 1. The third-order valence-electron chi connectivity index (χ3n) is 2.66. The summed E-state index contributed by atoms with van der Waals surface area (Å²) in [7, 11) is -3.52. The Hall–Kier alpha value is -1.89. The molecule has 0 atom stereocenters. The first-order valence-corrected chi connectivity index (χ1v) is 6.89. The van der Waals surface area contributed by atoms with Gasteiger partial charge in [-0.25, -0.2) is 13.4 Å². The molecule has 0 amide bonds. The first-order chi connectivity index (χ1) is 8.36. The molecule has 18 heavy (non-hydrogen) atoms. The molecular formula is C11H13N3O3S. The zero-order chi connectivity index (χ0) is 13.5. The number of aromatic nitrogens is 2. The lowest BCUT2D eigenvalue weighted by Gasteiger charge is -2.08. The van der Waals surface area contributed by atoms with Gasteiger partial charge in [0.15, 0.2) is 15.8 Å². The highest BCUT2D eigenvalue weighted by Gasteiger charge is 2.24. The van der Waals surface area contributed by atoms with E-state index in [2.05, 4.69) is 9.97 Å². The number of nitrogens with zero attached hydrogens (tertiary/aromatic N) is 1. The smallest absolute Gasteiger partial charge is 0.198 e. The number of nitrogen functional groups attached to an aromatic ring is 1. The highest BCUT2D eigenvalue weighted by atomic mass is 32.2. The standard InChI is InChI=1S/C11H13N3O3S/c1-6(2)18(16,17)9-4-7(5-15)3-8-10(9)14-11(12)13-8/h3-6H,1-2H3,(H3,12,13,14). The first-order valence-electron chi connectivity index (χ1n) is 5.34. The van der Waals surface area contributed by atoms with Gasteiger partial charge in [-0.3, -0.25) is 4.79 Å². The number of carbonyl (C=O) groups is 1. The van der Waals surface area contributed by atoms with Crippen molar-refractivity contribution in [2.75, 3.05) is 5.73 Å². The molecule has 0 aliphatic heterocycles. The van der Waals surface area contributed by atoms with E-state index in [0.717, 1.165) is 0 Å². The van der Waals surface area contributed by atoms with E-state index in [4.69, 9.17) is 5.73 Å². The molecule has 1 heterocycles. The van der Waals surface area contributed by atoms with Crippen LogP contribution in [0, 0.1) is 0 Å². The minimum absolute atomic E-state index is 0.0325. The van der Waals surface area contributed by atoms with Crippen LogP contribution in [0.4, 0.5) is 5.95 Å². The Kier molecular flexibility index (Phi) is 2.86. The molecule has 0 saturated heterocycles. The van der Waals surface area contributed by atoms with E-state index in [-0.39, 0.29) is 21.9 Å². The number of nitrogens with two attached hydrogens (primary N) is 1. The topological polar surface area (TPSA) is 106 Å². The minimum Gasteiger partial charge on any atom is -0.369 e. The van der Waals surface area contributed by atoms with Crippen molar-refractivity contribution in [2.45, 2.75) is 24.0 Å². The Balaban J connectivity index is 2.88. The van der Waals surface area contributed by atoms with Crippen molar-refractivity contribution in [3.63, 3.8) is 0 Å². The third kappa shape index (κ3) is 1.86. The van der Waals surface area contributed by atoms with Gasteiger partial charge in [-0.05, 0) is 26.0 Å². The Bertz CT molecular complexity index is 716. The van der Waals surface area contributed by atoms with Crippen LogP contribution in [-0.2, 0) is 9.84 Å². The number of benzene rings is 1. The van der Waals surface area contributed by atoms with Crippen molar-refractivity contribution in [3.05, 3.63) is 17.7 Å².